The topological polar surface area (TPSA) is 139 Å². The Balaban J connectivity index is 1.53. The van der Waals surface area contributed by atoms with Crippen molar-refractivity contribution in [1.82, 2.24) is 20.6 Å². The number of nitrogens with zero attached hydrogens (tertiary/aromatic N) is 2. The molecule has 1 heterocycles. The third-order valence-electron chi connectivity index (χ3n) is 3.85. The lowest BCUT2D eigenvalue weighted by Gasteiger charge is -2.11. The van der Waals surface area contributed by atoms with Crippen molar-refractivity contribution in [2.75, 3.05) is 12.9 Å². The first-order valence-corrected chi connectivity index (χ1v) is 10.0. The fourth-order valence-electron chi connectivity index (χ4n) is 2.40. The highest BCUT2D eigenvalue weighted by molar-refractivity contribution is 7.99. The number of rotatable bonds is 9. The molecule has 160 valence electrons. The van der Waals surface area contributed by atoms with Crippen molar-refractivity contribution in [2.45, 2.75) is 11.6 Å². The van der Waals surface area contributed by atoms with Gasteiger partial charge in [0.2, 0.25) is 5.91 Å². The van der Waals surface area contributed by atoms with Crippen LogP contribution in [0.2, 0.25) is 0 Å². The summed E-state index contributed by atoms with van der Waals surface area (Å²) >= 11 is 0.874. The number of amides is 1. The third-order valence-corrected chi connectivity index (χ3v) is 4.80. The van der Waals surface area contributed by atoms with Gasteiger partial charge < -0.3 is 9.47 Å². The van der Waals surface area contributed by atoms with Crippen LogP contribution < -0.4 is 26.1 Å². The molecule has 0 aliphatic heterocycles. The first kappa shape index (κ1) is 21.8. The van der Waals surface area contributed by atoms with Crippen molar-refractivity contribution >= 4 is 23.9 Å². The molecule has 0 unspecified atom stereocenters. The average molecular weight is 441 g/mol. The SMILES string of the molecule is COc1cc(C=NNC(=O)CSc2n[nH]c(=O)[nH]c2=O)ccc1OCc1ccccc1. The molecule has 0 aliphatic carbocycles. The van der Waals surface area contributed by atoms with Gasteiger partial charge in [-0.3, -0.25) is 14.6 Å². The smallest absolute Gasteiger partial charge is 0.342 e. The number of ether oxygens (including phenoxy) is 2. The minimum absolute atomic E-state index is 0.0189. The summed E-state index contributed by atoms with van der Waals surface area (Å²) in [6.45, 7) is 0.408. The summed E-state index contributed by atoms with van der Waals surface area (Å²) in [4.78, 5) is 36.4. The Morgan fingerprint density at radius 2 is 2.00 bits per heavy atom. The first-order valence-electron chi connectivity index (χ1n) is 9.03. The summed E-state index contributed by atoms with van der Waals surface area (Å²) in [7, 11) is 1.54. The molecule has 31 heavy (non-hydrogen) atoms. The minimum Gasteiger partial charge on any atom is -0.493 e. The van der Waals surface area contributed by atoms with Crippen molar-refractivity contribution in [3.8, 4) is 11.5 Å². The Morgan fingerprint density at radius 3 is 2.74 bits per heavy atom. The second-order valence-electron chi connectivity index (χ2n) is 6.08. The van der Waals surface area contributed by atoms with E-state index in [1.807, 2.05) is 35.3 Å². The van der Waals surface area contributed by atoms with Crippen LogP contribution in [-0.4, -0.2) is 40.2 Å². The van der Waals surface area contributed by atoms with Gasteiger partial charge in [0.25, 0.3) is 5.56 Å². The maximum Gasteiger partial charge on any atom is 0.342 e. The molecule has 0 radical (unpaired) electrons. The normalized spacial score (nSPS) is 10.7. The van der Waals surface area contributed by atoms with Crippen molar-refractivity contribution < 1.29 is 14.3 Å². The van der Waals surface area contributed by atoms with Gasteiger partial charge >= 0.3 is 5.69 Å². The van der Waals surface area contributed by atoms with Crippen LogP contribution in [0.5, 0.6) is 11.5 Å². The summed E-state index contributed by atoms with van der Waals surface area (Å²) in [6, 6.07) is 15.0. The van der Waals surface area contributed by atoms with Gasteiger partial charge in [-0.25, -0.2) is 15.3 Å². The minimum atomic E-state index is -0.713. The molecule has 1 amide bonds. The lowest BCUT2D eigenvalue weighted by Crippen LogP contribution is -2.26. The van der Waals surface area contributed by atoms with Crippen molar-refractivity contribution in [3.63, 3.8) is 0 Å². The van der Waals surface area contributed by atoms with Crippen LogP contribution in [0.25, 0.3) is 0 Å². The molecular formula is C20H19N5O5S. The van der Waals surface area contributed by atoms with Gasteiger partial charge in [-0.2, -0.15) is 10.2 Å². The first-order chi connectivity index (χ1) is 15.0. The number of thioether (sulfide) groups is 1. The molecular weight excluding hydrogens is 422 g/mol. The average Bonchev–Trinajstić information content (AvgIpc) is 2.78. The maximum atomic E-state index is 11.9. The fraction of sp³-hybridized carbons (Fsp3) is 0.150. The molecule has 0 fully saturated rings. The second kappa shape index (κ2) is 10.8. The molecule has 0 spiro atoms. The van der Waals surface area contributed by atoms with Gasteiger partial charge in [-0.15, -0.1) is 0 Å². The van der Waals surface area contributed by atoms with E-state index in [4.69, 9.17) is 9.47 Å². The van der Waals surface area contributed by atoms with Crippen molar-refractivity contribution in [3.05, 3.63) is 80.5 Å². The predicted molar refractivity (Wildman–Crippen MR) is 116 cm³/mol. The number of hydrazone groups is 1. The molecule has 0 saturated heterocycles. The molecule has 3 N–H and O–H groups in total. The van der Waals surface area contributed by atoms with Crippen LogP contribution in [0.15, 0.2) is 68.2 Å². The zero-order valence-corrected chi connectivity index (χ0v) is 17.3. The summed E-state index contributed by atoms with van der Waals surface area (Å²) in [5.41, 5.74) is 2.71. The van der Waals surface area contributed by atoms with Crippen LogP contribution in [0.3, 0.4) is 0 Å². The van der Waals surface area contributed by atoms with Crippen LogP contribution in [0, 0.1) is 0 Å². The van der Waals surface area contributed by atoms with Gasteiger partial charge in [0.1, 0.15) is 6.61 Å². The number of H-pyrrole nitrogens is 2. The Morgan fingerprint density at radius 1 is 1.19 bits per heavy atom. The number of hydrogen-bond acceptors (Lipinski definition) is 8. The molecule has 3 aromatic rings. The number of methoxy groups -OCH3 is 1. The molecule has 11 heteroatoms. The van der Waals surface area contributed by atoms with Crippen molar-refractivity contribution in [1.29, 1.82) is 0 Å². The molecule has 2 aromatic carbocycles. The predicted octanol–water partition coefficient (Wildman–Crippen LogP) is 1.29. The number of aromatic nitrogens is 3. The lowest BCUT2D eigenvalue weighted by molar-refractivity contribution is -0.118. The Hall–Kier alpha value is -3.86. The number of hydrogen-bond donors (Lipinski definition) is 3. The Kier molecular flexibility index (Phi) is 7.60. The van der Waals surface area contributed by atoms with E-state index < -0.39 is 17.2 Å². The largest absolute Gasteiger partial charge is 0.493 e. The van der Waals surface area contributed by atoms with E-state index in [-0.39, 0.29) is 10.8 Å². The molecule has 0 atom stereocenters. The summed E-state index contributed by atoms with van der Waals surface area (Å²) in [5.74, 6) is 0.575. The molecule has 0 bridgehead atoms. The highest BCUT2D eigenvalue weighted by atomic mass is 32.2. The van der Waals surface area contributed by atoms with Gasteiger partial charge in [-0.1, -0.05) is 42.1 Å². The number of nitrogens with one attached hydrogen (secondary N) is 3. The van der Waals surface area contributed by atoms with Crippen LogP contribution in [0.1, 0.15) is 11.1 Å². The van der Waals surface area contributed by atoms with E-state index >= 15 is 0 Å². The van der Waals surface area contributed by atoms with E-state index in [1.54, 1.807) is 18.2 Å². The quantitative estimate of drug-likeness (QED) is 0.258. The molecule has 1 aromatic heterocycles. The Labute approximate surface area is 180 Å². The lowest BCUT2D eigenvalue weighted by atomic mass is 10.2. The molecule has 0 aliphatic rings. The summed E-state index contributed by atoms with van der Waals surface area (Å²) in [5, 5.41) is 9.55. The number of carbonyl (C=O) groups excluding carboxylic acids is 1. The van der Waals surface area contributed by atoms with E-state index in [0.717, 1.165) is 17.3 Å². The Bertz CT molecular complexity index is 1180. The zero-order valence-electron chi connectivity index (χ0n) is 16.5. The molecule has 0 saturated carbocycles. The van der Waals surface area contributed by atoms with E-state index in [2.05, 4.69) is 20.7 Å². The number of benzene rings is 2. The second-order valence-corrected chi connectivity index (χ2v) is 7.04. The van der Waals surface area contributed by atoms with E-state index in [9.17, 15) is 14.4 Å². The summed E-state index contributed by atoms with van der Waals surface area (Å²) < 4.78 is 11.2. The number of aromatic amines is 2. The monoisotopic (exact) mass is 441 g/mol. The molecule has 10 nitrogen and oxygen atoms in total. The third kappa shape index (κ3) is 6.57. The highest BCUT2D eigenvalue weighted by Gasteiger charge is 2.08. The van der Waals surface area contributed by atoms with Crippen LogP contribution in [0.4, 0.5) is 0 Å². The highest BCUT2D eigenvalue weighted by Crippen LogP contribution is 2.28. The van der Waals surface area contributed by atoms with Gasteiger partial charge in [0.15, 0.2) is 16.5 Å². The number of carbonyl (C=O) groups is 1. The maximum absolute atomic E-state index is 11.9. The van der Waals surface area contributed by atoms with E-state index in [0.29, 0.717) is 23.7 Å². The summed E-state index contributed by atoms with van der Waals surface area (Å²) in [6.07, 6.45) is 1.46. The van der Waals surface area contributed by atoms with Crippen molar-refractivity contribution in [2.24, 2.45) is 5.10 Å². The zero-order chi connectivity index (χ0) is 22.1. The van der Waals surface area contributed by atoms with Gasteiger partial charge in [-0.05, 0) is 29.3 Å². The standard InChI is InChI=1S/C20H19N5O5S/c1-29-16-9-14(7-8-15(16)30-11-13-5-3-2-4-6-13)10-21-23-17(26)12-31-19-18(27)22-20(28)25-24-19/h2-10H,11-12H2,1H3,(H,23,26)(H2,22,25,27,28). The molecule has 3 rings (SSSR count). The van der Waals surface area contributed by atoms with E-state index in [1.165, 1.54) is 13.3 Å². The van der Waals surface area contributed by atoms with Gasteiger partial charge in [0, 0.05) is 0 Å². The van der Waals surface area contributed by atoms with Crippen LogP contribution >= 0.6 is 11.8 Å². The van der Waals surface area contributed by atoms with Crippen LogP contribution in [-0.2, 0) is 11.4 Å². The van der Waals surface area contributed by atoms with Gasteiger partial charge in [0.05, 0.1) is 19.1 Å². The fourth-order valence-corrected chi connectivity index (χ4v) is 3.02.